The van der Waals surface area contributed by atoms with Crippen LogP contribution in [0.15, 0.2) is 24.3 Å². The molecule has 29 heavy (non-hydrogen) atoms. The highest BCUT2D eigenvalue weighted by Crippen LogP contribution is 2.35. The van der Waals surface area contributed by atoms with Gasteiger partial charge in [0.05, 0.1) is 36.8 Å². The summed E-state index contributed by atoms with van der Waals surface area (Å²) in [7, 11) is -3.09. The molecule has 1 aromatic carbocycles. The molecule has 1 spiro atoms. The number of ether oxygens (including phenoxy) is 2. The van der Waals surface area contributed by atoms with E-state index in [1.807, 2.05) is 6.07 Å². The van der Waals surface area contributed by atoms with Gasteiger partial charge < -0.3 is 19.3 Å². The third-order valence-electron chi connectivity index (χ3n) is 6.05. The molecule has 158 valence electrons. The van der Waals surface area contributed by atoms with Gasteiger partial charge in [-0.05, 0) is 19.1 Å². The summed E-state index contributed by atoms with van der Waals surface area (Å²) >= 11 is 0. The van der Waals surface area contributed by atoms with Crippen molar-refractivity contribution in [1.29, 1.82) is 0 Å². The predicted molar refractivity (Wildman–Crippen MR) is 106 cm³/mol. The van der Waals surface area contributed by atoms with E-state index in [4.69, 9.17) is 9.47 Å². The minimum absolute atomic E-state index is 0.0351. The number of sulfone groups is 1. The SMILES string of the molecule is CC(C(=O)N1CCS(=O)(=O)CC1)N1CC2(CCOCC2)Oc2ccccc2C1=O. The predicted octanol–water partition coefficient (Wildman–Crippen LogP) is 0.716. The van der Waals surface area contributed by atoms with Gasteiger partial charge in [0.15, 0.2) is 9.84 Å². The zero-order chi connectivity index (χ0) is 20.6. The average Bonchev–Trinajstić information content (AvgIpc) is 2.82. The van der Waals surface area contributed by atoms with Crippen LogP contribution in [0.1, 0.15) is 30.1 Å². The molecular formula is C20H26N2O6S. The molecule has 2 fully saturated rings. The average molecular weight is 423 g/mol. The summed E-state index contributed by atoms with van der Waals surface area (Å²) in [5.41, 5.74) is -0.156. The Balaban J connectivity index is 1.62. The van der Waals surface area contributed by atoms with Crippen molar-refractivity contribution in [2.45, 2.75) is 31.4 Å². The second-order valence-electron chi connectivity index (χ2n) is 7.98. The van der Waals surface area contributed by atoms with E-state index in [0.717, 1.165) is 0 Å². The maximum absolute atomic E-state index is 13.3. The summed E-state index contributed by atoms with van der Waals surface area (Å²) < 4.78 is 35.2. The van der Waals surface area contributed by atoms with Gasteiger partial charge in [0, 0.05) is 25.9 Å². The summed E-state index contributed by atoms with van der Waals surface area (Å²) in [6.45, 7) is 3.42. The minimum Gasteiger partial charge on any atom is -0.484 e. The molecule has 0 aromatic heterocycles. The number of hydrogen-bond acceptors (Lipinski definition) is 6. The van der Waals surface area contributed by atoms with Crippen LogP contribution in [-0.2, 0) is 19.4 Å². The van der Waals surface area contributed by atoms with E-state index < -0.39 is 21.5 Å². The van der Waals surface area contributed by atoms with Gasteiger partial charge in [-0.15, -0.1) is 0 Å². The number of carbonyl (C=O) groups excluding carboxylic acids is 2. The van der Waals surface area contributed by atoms with Crippen molar-refractivity contribution in [3.8, 4) is 5.75 Å². The molecule has 0 N–H and O–H groups in total. The standard InChI is InChI=1S/C20H26N2O6S/c1-15(18(23)21-8-12-29(25,26)13-9-21)22-14-20(6-10-27-11-7-20)28-17-5-3-2-4-16(17)19(22)24/h2-5,15H,6-14H2,1H3. The van der Waals surface area contributed by atoms with Crippen LogP contribution in [0.25, 0.3) is 0 Å². The van der Waals surface area contributed by atoms with Crippen molar-refractivity contribution in [3.63, 3.8) is 0 Å². The van der Waals surface area contributed by atoms with Crippen molar-refractivity contribution in [3.05, 3.63) is 29.8 Å². The number of nitrogens with zero attached hydrogens (tertiary/aromatic N) is 2. The van der Waals surface area contributed by atoms with E-state index in [1.165, 1.54) is 0 Å². The van der Waals surface area contributed by atoms with Gasteiger partial charge in [0.1, 0.15) is 17.4 Å². The molecule has 0 radical (unpaired) electrons. The zero-order valence-electron chi connectivity index (χ0n) is 16.5. The molecule has 3 heterocycles. The molecule has 4 rings (SSSR count). The number of hydrogen-bond donors (Lipinski definition) is 0. The first kappa shape index (κ1) is 20.2. The van der Waals surface area contributed by atoms with E-state index in [2.05, 4.69) is 0 Å². The van der Waals surface area contributed by atoms with E-state index in [1.54, 1.807) is 34.9 Å². The van der Waals surface area contributed by atoms with Crippen LogP contribution in [0.5, 0.6) is 5.75 Å². The third kappa shape index (κ3) is 3.98. The fraction of sp³-hybridized carbons (Fsp3) is 0.600. The highest BCUT2D eigenvalue weighted by atomic mass is 32.2. The zero-order valence-corrected chi connectivity index (χ0v) is 17.3. The number of fused-ring (bicyclic) bond motifs is 1. The van der Waals surface area contributed by atoms with Crippen LogP contribution in [0.2, 0.25) is 0 Å². The normalized spacial score (nSPS) is 24.4. The molecule has 2 saturated heterocycles. The van der Waals surface area contributed by atoms with Gasteiger partial charge in [-0.1, -0.05) is 12.1 Å². The fourth-order valence-corrected chi connectivity index (χ4v) is 5.38. The lowest BCUT2D eigenvalue weighted by Gasteiger charge is -2.41. The largest absolute Gasteiger partial charge is 0.484 e. The van der Waals surface area contributed by atoms with Gasteiger partial charge in [0.2, 0.25) is 5.91 Å². The monoisotopic (exact) mass is 422 g/mol. The highest BCUT2D eigenvalue weighted by molar-refractivity contribution is 7.91. The Bertz CT molecular complexity index is 895. The Hall–Kier alpha value is -2.13. The van der Waals surface area contributed by atoms with Crippen LogP contribution >= 0.6 is 0 Å². The highest BCUT2D eigenvalue weighted by Gasteiger charge is 2.45. The molecule has 2 amide bonds. The van der Waals surface area contributed by atoms with Gasteiger partial charge in [-0.25, -0.2) is 8.42 Å². The van der Waals surface area contributed by atoms with Gasteiger partial charge in [-0.3, -0.25) is 9.59 Å². The molecule has 3 aliphatic heterocycles. The van der Waals surface area contributed by atoms with Crippen LogP contribution in [0, 0.1) is 0 Å². The Morgan fingerprint density at radius 2 is 1.79 bits per heavy atom. The van der Waals surface area contributed by atoms with Crippen molar-refractivity contribution in [2.24, 2.45) is 0 Å². The topological polar surface area (TPSA) is 93.2 Å². The lowest BCUT2D eigenvalue weighted by molar-refractivity contribution is -0.136. The summed E-state index contributed by atoms with van der Waals surface area (Å²) in [4.78, 5) is 29.6. The number of para-hydroxylation sites is 1. The van der Waals surface area contributed by atoms with Gasteiger partial charge in [-0.2, -0.15) is 0 Å². The first-order valence-corrected chi connectivity index (χ1v) is 11.8. The molecule has 0 aliphatic carbocycles. The Kier molecular flexibility index (Phi) is 5.29. The maximum atomic E-state index is 13.3. The first-order valence-electron chi connectivity index (χ1n) is 9.96. The molecule has 8 nitrogen and oxygen atoms in total. The lowest BCUT2D eigenvalue weighted by Crippen LogP contribution is -2.57. The summed E-state index contributed by atoms with van der Waals surface area (Å²) in [6, 6.07) is 6.40. The van der Waals surface area contributed by atoms with Crippen molar-refractivity contribution in [2.75, 3.05) is 44.4 Å². The van der Waals surface area contributed by atoms with E-state index in [-0.39, 0.29) is 36.4 Å². The number of benzene rings is 1. The van der Waals surface area contributed by atoms with Crippen molar-refractivity contribution < 1.29 is 27.5 Å². The minimum atomic E-state index is -3.09. The van der Waals surface area contributed by atoms with Gasteiger partial charge in [0.25, 0.3) is 5.91 Å². The molecule has 1 aromatic rings. The molecule has 1 unspecified atom stereocenters. The van der Waals surface area contributed by atoms with Crippen molar-refractivity contribution in [1.82, 2.24) is 9.80 Å². The summed E-state index contributed by atoms with van der Waals surface area (Å²) in [5, 5.41) is 0. The molecule has 1 atom stereocenters. The number of rotatable bonds is 2. The molecule has 9 heteroatoms. The Morgan fingerprint density at radius 1 is 1.14 bits per heavy atom. The van der Waals surface area contributed by atoms with Crippen LogP contribution in [0.4, 0.5) is 0 Å². The quantitative estimate of drug-likeness (QED) is 0.697. The van der Waals surface area contributed by atoms with Crippen LogP contribution < -0.4 is 4.74 Å². The van der Waals surface area contributed by atoms with E-state index >= 15 is 0 Å². The number of carbonyl (C=O) groups is 2. The van der Waals surface area contributed by atoms with Crippen molar-refractivity contribution >= 4 is 21.7 Å². The smallest absolute Gasteiger partial charge is 0.258 e. The van der Waals surface area contributed by atoms with E-state index in [9.17, 15) is 18.0 Å². The van der Waals surface area contributed by atoms with Crippen LogP contribution in [0.3, 0.4) is 0 Å². The first-order chi connectivity index (χ1) is 13.8. The van der Waals surface area contributed by atoms with Gasteiger partial charge >= 0.3 is 0 Å². The molecule has 0 saturated carbocycles. The molecule has 3 aliphatic rings. The molecular weight excluding hydrogens is 396 g/mol. The summed E-state index contributed by atoms with van der Waals surface area (Å²) in [6.07, 6.45) is 1.27. The Morgan fingerprint density at radius 3 is 2.48 bits per heavy atom. The third-order valence-corrected chi connectivity index (χ3v) is 7.66. The lowest BCUT2D eigenvalue weighted by atomic mass is 9.92. The molecule has 0 bridgehead atoms. The van der Waals surface area contributed by atoms with Crippen LogP contribution in [-0.4, -0.2) is 86.0 Å². The maximum Gasteiger partial charge on any atom is 0.258 e. The Labute approximate surface area is 170 Å². The number of amides is 2. The second-order valence-corrected chi connectivity index (χ2v) is 10.3. The second kappa shape index (κ2) is 7.60. The van der Waals surface area contributed by atoms with E-state index in [0.29, 0.717) is 43.9 Å². The summed E-state index contributed by atoms with van der Waals surface area (Å²) in [5.74, 6) is -0.00546. The fourth-order valence-electron chi connectivity index (χ4n) is 4.18.